The van der Waals surface area contributed by atoms with Gasteiger partial charge in [0, 0.05) is 0 Å². The molecule has 0 N–H and O–H groups in total. The maximum atomic E-state index is 14.0. The van der Waals surface area contributed by atoms with Crippen LogP contribution < -0.4 is 0 Å². The van der Waals surface area contributed by atoms with Crippen LogP contribution in [0.1, 0.15) is 61.3 Å². The molecule has 0 aromatic heterocycles. The minimum Gasteiger partial charge on any atom is -0.206 e. The molecule has 1 aliphatic carbocycles. The number of fused-ring (bicyclic) bond motifs is 3. The van der Waals surface area contributed by atoms with E-state index in [4.69, 9.17) is 0 Å². The molecular weight excluding hydrogens is 419 g/mol. The average Bonchev–Trinajstić information content (AvgIpc) is 3.09. The summed E-state index contributed by atoms with van der Waals surface area (Å²) in [4.78, 5) is 0. The summed E-state index contributed by atoms with van der Waals surface area (Å²) in [5.41, 5.74) is 4.49. The van der Waals surface area contributed by atoms with Crippen LogP contribution in [0.5, 0.6) is 0 Å². The molecule has 0 aliphatic heterocycles. The molecule has 0 saturated heterocycles. The number of hydrogen-bond acceptors (Lipinski definition) is 0. The van der Waals surface area contributed by atoms with Crippen LogP contribution in [0, 0.1) is 11.6 Å². The summed E-state index contributed by atoms with van der Waals surface area (Å²) in [7, 11) is 0. The van der Waals surface area contributed by atoms with E-state index in [9.17, 15) is 22.0 Å². The van der Waals surface area contributed by atoms with Crippen LogP contribution in [0.3, 0.4) is 0 Å². The Morgan fingerprint density at radius 3 is 2.00 bits per heavy atom. The van der Waals surface area contributed by atoms with Gasteiger partial charge in [-0.05, 0) is 70.3 Å². The predicted octanol–water partition coefficient (Wildman–Crippen LogP) is 8.73. The molecule has 1 aliphatic rings. The highest BCUT2D eigenvalue weighted by Gasteiger charge is 2.38. The van der Waals surface area contributed by atoms with Crippen molar-refractivity contribution in [2.45, 2.75) is 58.0 Å². The molecule has 4 rings (SSSR count). The fourth-order valence-corrected chi connectivity index (χ4v) is 4.54. The van der Waals surface area contributed by atoms with E-state index in [0.717, 1.165) is 35.2 Å². The molecule has 3 aromatic carbocycles. The first-order valence-electron chi connectivity index (χ1n) is 11.1. The summed E-state index contributed by atoms with van der Waals surface area (Å²) in [5.74, 6) is -3.19. The van der Waals surface area contributed by atoms with Gasteiger partial charge < -0.3 is 0 Å². The van der Waals surface area contributed by atoms with Gasteiger partial charge in [0.05, 0.1) is 0 Å². The van der Waals surface area contributed by atoms with Crippen molar-refractivity contribution in [1.82, 2.24) is 0 Å². The Kier molecular flexibility index (Phi) is 6.36. The predicted molar refractivity (Wildman–Crippen MR) is 118 cm³/mol. The molecule has 0 saturated carbocycles. The molecule has 0 unspecified atom stereocenters. The Balaban J connectivity index is 1.55. The fraction of sp³-hybridized carbons (Fsp3) is 0.333. The third-order valence-electron chi connectivity index (χ3n) is 6.17. The molecular formula is C27H25F5. The van der Waals surface area contributed by atoms with Crippen LogP contribution in [0.15, 0.2) is 48.5 Å². The van der Waals surface area contributed by atoms with Gasteiger partial charge in [-0.2, -0.15) is 13.2 Å². The van der Waals surface area contributed by atoms with Crippen LogP contribution in [0.25, 0.3) is 22.3 Å². The van der Waals surface area contributed by atoms with Gasteiger partial charge in [-0.15, -0.1) is 0 Å². The molecule has 5 heteroatoms. The molecule has 0 nitrogen and oxygen atoms in total. The highest BCUT2D eigenvalue weighted by molar-refractivity contribution is 5.80. The molecule has 0 spiro atoms. The molecule has 0 atom stereocenters. The summed E-state index contributed by atoms with van der Waals surface area (Å²) in [6.45, 7) is 2.20. The van der Waals surface area contributed by atoms with Crippen molar-refractivity contribution in [3.8, 4) is 22.3 Å². The lowest BCUT2D eigenvalue weighted by atomic mass is 9.97. The SMILES string of the molecule is CCCCCCCc1ccc2c(c1)Cc1cc(-c3cc(F)c(C(F)(F)F)c(F)c3)ccc1-2. The largest absolute Gasteiger partial charge is 0.422 e. The zero-order valence-corrected chi connectivity index (χ0v) is 18.0. The number of unbranched alkanes of at least 4 members (excludes halogenated alkanes) is 4. The van der Waals surface area contributed by atoms with Crippen LogP contribution >= 0.6 is 0 Å². The molecule has 0 fully saturated rings. The van der Waals surface area contributed by atoms with Gasteiger partial charge in [-0.25, -0.2) is 8.78 Å². The molecule has 168 valence electrons. The molecule has 0 amide bonds. The van der Waals surface area contributed by atoms with Crippen molar-refractivity contribution in [1.29, 1.82) is 0 Å². The van der Waals surface area contributed by atoms with Gasteiger partial charge >= 0.3 is 6.18 Å². The van der Waals surface area contributed by atoms with Gasteiger partial charge in [0.15, 0.2) is 0 Å². The summed E-state index contributed by atoms with van der Waals surface area (Å²) in [5, 5.41) is 0. The lowest BCUT2D eigenvalue weighted by Crippen LogP contribution is -2.11. The Labute approximate surface area is 185 Å². The average molecular weight is 444 g/mol. The zero-order chi connectivity index (χ0) is 22.9. The minimum absolute atomic E-state index is 0.0968. The molecule has 3 aromatic rings. The monoisotopic (exact) mass is 444 g/mol. The van der Waals surface area contributed by atoms with Gasteiger partial charge in [0.2, 0.25) is 0 Å². The van der Waals surface area contributed by atoms with Gasteiger partial charge in [-0.3, -0.25) is 0 Å². The standard InChI is InChI=1S/C27H25F5/c1-2-3-4-5-6-7-17-8-10-22-20(12-17)14-21-13-18(9-11-23(21)22)19-15-24(28)26(25(29)16-19)27(30,31)32/h8-13,15-16H,2-7,14H2,1H3. The fourth-order valence-electron chi connectivity index (χ4n) is 4.54. The number of rotatable bonds is 7. The smallest absolute Gasteiger partial charge is 0.206 e. The minimum atomic E-state index is -5.07. The lowest BCUT2D eigenvalue weighted by molar-refractivity contribution is -0.142. The van der Waals surface area contributed by atoms with Crippen molar-refractivity contribution >= 4 is 0 Å². The van der Waals surface area contributed by atoms with E-state index in [1.165, 1.54) is 43.2 Å². The van der Waals surface area contributed by atoms with E-state index in [1.807, 2.05) is 12.1 Å². The van der Waals surface area contributed by atoms with Crippen molar-refractivity contribution in [2.75, 3.05) is 0 Å². The summed E-state index contributed by atoms with van der Waals surface area (Å²) < 4.78 is 66.7. The first-order chi connectivity index (χ1) is 15.3. The third-order valence-corrected chi connectivity index (χ3v) is 6.17. The topological polar surface area (TPSA) is 0 Å². The lowest BCUT2D eigenvalue weighted by Gasteiger charge is -2.12. The third kappa shape index (κ3) is 4.57. The van der Waals surface area contributed by atoms with Crippen LogP contribution in [-0.2, 0) is 19.0 Å². The van der Waals surface area contributed by atoms with Gasteiger partial charge in [-0.1, -0.05) is 69.0 Å². The Morgan fingerprint density at radius 2 is 1.34 bits per heavy atom. The van der Waals surface area contributed by atoms with E-state index in [-0.39, 0.29) is 5.56 Å². The normalized spacial score (nSPS) is 12.7. The second-order valence-corrected chi connectivity index (χ2v) is 8.52. The zero-order valence-electron chi connectivity index (χ0n) is 18.0. The highest BCUT2D eigenvalue weighted by atomic mass is 19.4. The Bertz CT molecular complexity index is 1100. The highest BCUT2D eigenvalue weighted by Crippen LogP contribution is 2.40. The van der Waals surface area contributed by atoms with E-state index < -0.39 is 23.4 Å². The quantitative estimate of drug-likeness (QED) is 0.197. The number of aryl methyl sites for hydroxylation is 1. The van der Waals surface area contributed by atoms with E-state index in [0.29, 0.717) is 12.0 Å². The maximum absolute atomic E-state index is 14.0. The Hall–Kier alpha value is -2.69. The first kappa shape index (κ1) is 22.5. The number of halogens is 5. The molecule has 0 radical (unpaired) electrons. The van der Waals surface area contributed by atoms with E-state index in [1.54, 1.807) is 6.07 Å². The van der Waals surface area contributed by atoms with Gasteiger partial charge in [0.25, 0.3) is 0 Å². The second-order valence-electron chi connectivity index (χ2n) is 8.52. The van der Waals surface area contributed by atoms with E-state index >= 15 is 0 Å². The molecule has 0 heterocycles. The van der Waals surface area contributed by atoms with E-state index in [2.05, 4.69) is 25.1 Å². The molecule has 0 bridgehead atoms. The van der Waals surface area contributed by atoms with Crippen LogP contribution in [-0.4, -0.2) is 0 Å². The second kappa shape index (κ2) is 9.05. The number of benzene rings is 3. The summed E-state index contributed by atoms with van der Waals surface area (Å²) in [6.07, 6.45) is 2.84. The number of alkyl halides is 3. The van der Waals surface area contributed by atoms with Crippen molar-refractivity contribution in [2.24, 2.45) is 0 Å². The summed E-state index contributed by atoms with van der Waals surface area (Å²) in [6, 6.07) is 13.4. The van der Waals surface area contributed by atoms with Crippen molar-refractivity contribution in [3.05, 3.63) is 82.4 Å². The maximum Gasteiger partial charge on any atom is 0.422 e. The number of hydrogen-bond donors (Lipinski definition) is 0. The van der Waals surface area contributed by atoms with Crippen molar-refractivity contribution in [3.63, 3.8) is 0 Å². The van der Waals surface area contributed by atoms with Crippen LogP contribution in [0.2, 0.25) is 0 Å². The van der Waals surface area contributed by atoms with Gasteiger partial charge in [0.1, 0.15) is 17.2 Å². The van der Waals surface area contributed by atoms with Crippen molar-refractivity contribution < 1.29 is 22.0 Å². The molecule has 32 heavy (non-hydrogen) atoms. The van der Waals surface area contributed by atoms with Crippen LogP contribution in [0.4, 0.5) is 22.0 Å². The first-order valence-corrected chi connectivity index (χ1v) is 11.1. The summed E-state index contributed by atoms with van der Waals surface area (Å²) >= 11 is 0. The Morgan fingerprint density at radius 1 is 0.719 bits per heavy atom.